The summed E-state index contributed by atoms with van der Waals surface area (Å²) in [4.78, 5) is 22.8. The lowest BCUT2D eigenvalue weighted by Crippen LogP contribution is -2.48. The molecule has 0 aromatic rings. The first-order valence-electron chi connectivity index (χ1n) is 6.19. The third-order valence-corrected chi connectivity index (χ3v) is 4.20. The monoisotopic (exact) mass is 260 g/mol. The molecular formula is C12H14F2O4. The minimum Gasteiger partial charge on any atom is -0.462 e. The molecule has 4 atom stereocenters. The number of hydrogen-bond acceptors (Lipinski definition) is 4. The normalized spacial score (nSPS) is 41.7. The molecule has 2 aliphatic carbocycles. The molecule has 0 N–H and O–H groups in total. The number of hydrogen-bond donors (Lipinski definition) is 0. The van der Waals surface area contributed by atoms with E-state index in [1.54, 1.807) is 0 Å². The van der Waals surface area contributed by atoms with E-state index >= 15 is 0 Å². The molecule has 2 saturated heterocycles. The molecule has 4 aliphatic rings. The summed E-state index contributed by atoms with van der Waals surface area (Å²) in [5.74, 6) is -1.82. The van der Waals surface area contributed by atoms with Crippen molar-refractivity contribution in [2.75, 3.05) is 0 Å². The van der Waals surface area contributed by atoms with Gasteiger partial charge in [0.1, 0.15) is 11.7 Å². The van der Waals surface area contributed by atoms with Crippen LogP contribution in [0.5, 0.6) is 0 Å². The molecule has 0 amide bonds. The van der Waals surface area contributed by atoms with E-state index in [0.29, 0.717) is 19.3 Å². The largest absolute Gasteiger partial charge is 0.462 e. The summed E-state index contributed by atoms with van der Waals surface area (Å²) in [6.07, 6.45) is -0.638. The topological polar surface area (TPSA) is 52.6 Å². The van der Waals surface area contributed by atoms with Crippen LogP contribution in [0.1, 0.15) is 32.1 Å². The van der Waals surface area contributed by atoms with Gasteiger partial charge in [-0.1, -0.05) is 0 Å². The van der Waals surface area contributed by atoms with E-state index in [4.69, 9.17) is 9.47 Å². The molecule has 4 bridgehead atoms. The zero-order valence-electron chi connectivity index (χ0n) is 9.73. The van der Waals surface area contributed by atoms with Gasteiger partial charge in [-0.3, -0.25) is 4.79 Å². The van der Waals surface area contributed by atoms with Crippen molar-refractivity contribution in [1.29, 1.82) is 0 Å². The highest BCUT2D eigenvalue weighted by Gasteiger charge is 2.55. The summed E-state index contributed by atoms with van der Waals surface area (Å²) in [5, 5.41) is 0. The predicted molar refractivity (Wildman–Crippen MR) is 54.8 cm³/mol. The Morgan fingerprint density at radius 1 is 1.33 bits per heavy atom. The van der Waals surface area contributed by atoms with Crippen LogP contribution < -0.4 is 0 Å². The summed E-state index contributed by atoms with van der Waals surface area (Å²) in [7, 11) is 0. The van der Waals surface area contributed by atoms with E-state index in [-0.39, 0.29) is 23.9 Å². The molecule has 2 heterocycles. The number of rotatable bonds is 2. The molecule has 0 radical (unpaired) electrons. The summed E-state index contributed by atoms with van der Waals surface area (Å²) >= 11 is 0. The second kappa shape index (κ2) is 3.90. The van der Waals surface area contributed by atoms with Gasteiger partial charge in [0.05, 0.1) is 5.92 Å². The Kier molecular flexibility index (Phi) is 2.57. The molecule has 4 nitrogen and oxygen atoms in total. The van der Waals surface area contributed by atoms with Gasteiger partial charge in [0, 0.05) is 12.8 Å². The van der Waals surface area contributed by atoms with Crippen molar-refractivity contribution in [3.05, 3.63) is 0 Å². The van der Waals surface area contributed by atoms with Crippen LogP contribution in [0.3, 0.4) is 0 Å². The van der Waals surface area contributed by atoms with Crippen LogP contribution in [0.2, 0.25) is 0 Å². The Morgan fingerprint density at radius 3 is 2.83 bits per heavy atom. The van der Waals surface area contributed by atoms with Crippen LogP contribution in [0.4, 0.5) is 8.78 Å². The zero-order chi connectivity index (χ0) is 12.9. The standard InChI is InChI=1S/C12H14F2O4/c13-9(14)11(16)18-12-3-6-1-7(4-12)10(15)17-8(2-6)5-12/h6-9H,1-5H2. The average Bonchev–Trinajstić information content (AvgIpc) is 2.41. The molecule has 0 aromatic carbocycles. The third-order valence-electron chi connectivity index (χ3n) is 4.20. The highest BCUT2D eigenvalue weighted by atomic mass is 19.3. The van der Waals surface area contributed by atoms with Gasteiger partial charge in [-0.2, -0.15) is 8.78 Å². The molecule has 0 spiro atoms. The molecule has 18 heavy (non-hydrogen) atoms. The Labute approximate surface area is 103 Å². The van der Waals surface area contributed by atoms with Crippen LogP contribution in [0.25, 0.3) is 0 Å². The Hall–Kier alpha value is -1.20. The molecule has 4 rings (SSSR count). The quantitative estimate of drug-likeness (QED) is 0.709. The van der Waals surface area contributed by atoms with Crippen molar-refractivity contribution < 1.29 is 27.8 Å². The molecule has 4 unspecified atom stereocenters. The van der Waals surface area contributed by atoms with Crippen molar-refractivity contribution in [3.8, 4) is 0 Å². The van der Waals surface area contributed by atoms with Crippen molar-refractivity contribution in [1.82, 2.24) is 0 Å². The average molecular weight is 260 g/mol. The molecule has 4 fully saturated rings. The number of fused-ring (bicyclic) bond motifs is 1. The second-order valence-corrected chi connectivity index (χ2v) is 5.61. The number of esters is 2. The van der Waals surface area contributed by atoms with Crippen LogP contribution in [-0.2, 0) is 19.1 Å². The lowest BCUT2D eigenvalue weighted by atomic mass is 9.65. The molecule has 6 heteroatoms. The molecule has 2 saturated carbocycles. The van der Waals surface area contributed by atoms with Crippen molar-refractivity contribution >= 4 is 11.9 Å². The lowest BCUT2D eigenvalue weighted by molar-refractivity contribution is -0.186. The fourth-order valence-electron chi connectivity index (χ4n) is 3.76. The first-order valence-corrected chi connectivity index (χ1v) is 6.19. The van der Waals surface area contributed by atoms with Crippen molar-refractivity contribution in [2.45, 2.75) is 50.2 Å². The number of halogens is 2. The minimum atomic E-state index is -3.11. The van der Waals surface area contributed by atoms with Crippen molar-refractivity contribution in [3.63, 3.8) is 0 Å². The maximum atomic E-state index is 12.3. The molecular weight excluding hydrogens is 246 g/mol. The number of carbonyl (C=O) groups is 2. The third kappa shape index (κ3) is 1.87. The molecule has 0 aromatic heterocycles. The Morgan fingerprint density at radius 2 is 2.11 bits per heavy atom. The lowest BCUT2D eigenvalue weighted by Gasteiger charge is -2.45. The van der Waals surface area contributed by atoms with Crippen molar-refractivity contribution in [2.24, 2.45) is 11.8 Å². The fourth-order valence-corrected chi connectivity index (χ4v) is 3.76. The van der Waals surface area contributed by atoms with Crippen LogP contribution in [-0.4, -0.2) is 30.1 Å². The second-order valence-electron chi connectivity index (χ2n) is 5.61. The maximum absolute atomic E-state index is 12.3. The predicted octanol–water partition coefficient (Wildman–Crippen LogP) is 1.67. The Bertz CT molecular complexity index is 398. The summed E-state index contributed by atoms with van der Waals surface area (Å²) in [5.41, 5.74) is -0.907. The van der Waals surface area contributed by atoms with Gasteiger partial charge in [0.2, 0.25) is 0 Å². The summed E-state index contributed by atoms with van der Waals surface area (Å²) in [6.45, 7) is 0. The zero-order valence-corrected chi connectivity index (χ0v) is 9.73. The van der Waals surface area contributed by atoms with E-state index in [1.807, 2.05) is 0 Å². The first kappa shape index (κ1) is 11.9. The van der Waals surface area contributed by atoms with Gasteiger partial charge in [-0.25, -0.2) is 4.79 Å². The summed E-state index contributed by atoms with van der Waals surface area (Å²) in [6, 6.07) is 0. The summed E-state index contributed by atoms with van der Waals surface area (Å²) < 4.78 is 34.9. The van der Waals surface area contributed by atoms with Gasteiger partial charge in [-0.05, 0) is 25.2 Å². The number of ether oxygens (including phenoxy) is 2. The van der Waals surface area contributed by atoms with E-state index in [0.717, 1.165) is 12.8 Å². The van der Waals surface area contributed by atoms with Crippen LogP contribution in [0, 0.1) is 11.8 Å². The van der Waals surface area contributed by atoms with E-state index in [1.165, 1.54) is 0 Å². The fraction of sp³-hybridized carbons (Fsp3) is 0.833. The highest BCUT2D eigenvalue weighted by Crippen LogP contribution is 2.51. The van der Waals surface area contributed by atoms with Gasteiger partial charge in [-0.15, -0.1) is 0 Å². The maximum Gasteiger partial charge on any atom is 0.374 e. The highest BCUT2D eigenvalue weighted by molar-refractivity contribution is 5.75. The molecule has 100 valence electrons. The minimum absolute atomic E-state index is 0.236. The van der Waals surface area contributed by atoms with Crippen LogP contribution in [0.15, 0.2) is 0 Å². The van der Waals surface area contributed by atoms with Gasteiger partial charge >= 0.3 is 18.4 Å². The van der Waals surface area contributed by atoms with Gasteiger partial charge in [0.25, 0.3) is 0 Å². The first-order chi connectivity index (χ1) is 8.47. The van der Waals surface area contributed by atoms with Crippen LogP contribution >= 0.6 is 0 Å². The SMILES string of the molecule is O=C(OC12CC3CC(C1)OC(=O)C(C3)C2)C(F)F. The number of carbonyl (C=O) groups excluding carboxylic acids is 2. The van der Waals surface area contributed by atoms with Gasteiger partial charge < -0.3 is 9.47 Å². The molecule has 2 aliphatic heterocycles. The van der Waals surface area contributed by atoms with E-state index in [9.17, 15) is 18.4 Å². The smallest absolute Gasteiger partial charge is 0.374 e. The van der Waals surface area contributed by atoms with E-state index in [2.05, 4.69) is 0 Å². The number of alkyl halides is 2. The Balaban J connectivity index is 1.84. The van der Waals surface area contributed by atoms with Gasteiger partial charge in [0.15, 0.2) is 0 Å². The van der Waals surface area contributed by atoms with E-state index < -0.39 is 18.0 Å².